The monoisotopic (exact) mass is 451 g/mol. The van der Waals surface area contributed by atoms with E-state index in [0.29, 0.717) is 29.1 Å². The summed E-state index contributed by atoms with van der Waals surface area (Å²) in [6, 6.07) is 25.7. The maximum absolute atomic E-state index is 12.9. The first kappa shape index (κ1) is 22.8. The zero-order valence-corrected chi connectivity index (χ0v) is 18.8. The SMILES string of the molecule is Cc1ccc(C(=O)c2cccn2C/C=C/c2cccc(OCc3ccccc3C(=O)O)c2)cc1. The Labute approximate surface area is 198 Å². The van der Waals surface area contributed by atoms with E-state index < -0.39 is 5.97 Å². The predicted molar refractivity (Wildman–Crippen MR) is 132 cm³/mol. The minimum Gasteiger partial charge on any atom is -0.489 e. The fraction of sp³-hybridized carbons (Fsp3) is 0.103. The van der Waals surface area contributed by atoms with Crippen molar-refractivity contribution in [1.29, 1.82) is 0 Å². The minimum atomic E-state index is -0.971. The van der Waals surface area contributed by atoms with E-state index in [1.54, 1.807) is 24.3 Å². The number of hydrogen-bond donors (Lipinski definition) is 1. The second-order valence-corrected chi connectivity index (χ2v) is 7.97. The number of nitrogens with zero attached hydrogens (tertiary/aromatic N) is 1. The number of allylic oxidation sites excluding steroid dienone is 1. The molecule has 0 spiro atoms. The lowest BCUT2D eigenvalue weighted by Gasteiger charge is -2.09. The maximum atomic E-state index is 12.9. The Morgan fingerprint density at radius 2 is 1.74 bits per heavy atom. The van der Waals surface area contributed by atoms with E-state index in [2.05, 4.69) is 0 Å². The number of hydrogen-bond acceptors (Lipinski definition) is 3. The first-order chi connectivity index (χ1) is 16.5. The fourth-order valence-electron chi connectivity index (χ4n) is 3.66. The molecule has 0 aliphatic carbocycles. The number of carbonyl (C=O) groups excluding carboxylic acids is 1. The molecule has 1 heterocycles. The van der Waals surface area contributed by atoms with Gasteiger partial charge in [0.25, 0.3) is 0 Å². The van der Waals surface area contributed by atoms with Gasteiger partial charge in [0.05, 0.1) is 11.3 Å². The van der Waals surface area contributed by atoms with Gasteiger partial charge in [-0.1, -0.05) is 72.3 Å². The van der Waals surface area contributed by atoms with Gasteiger partial charge in [-0.05, 0) is 42.8 Å². The van der Waals surface area contributed by atoms with Crippen molar-refractivity contribution >= 4 is 17.8 Å². The summed E-state index contributed by atoms with van der Waals surface area (Å²) in [6.45, 7) is 2.72. The van der Waals surface area contributed by atoms with Gasteiger partial charge in [0.1, 0.15) is 12.4 Å². The Morgan fingerprint density at radius 1 is 0.941 bits per heavy atom. The Bertz CT molecular complexity index is 1330. The fourth-order valence-corrected chi connectivity index (χ4v) is 3.66. The van der Waals surface area contributed by atoms with Crippen LogP contribution in [0.25, 0.3) is 6.08 Å². The Kier molecular flexibility index (Phi) is 7.04. The maximum Gasteiger partial charge on any atom is 0.336 e. The highest BCUT2D eigenvalue weighted by atomic mass is 16.5. The van der Waals surface area contributed by atoms with Crippen LogP contribution in [-0.4, -0.2) is 21.4 Å². The molecule has 0 unspecified atom stereocenters. The molecule has 4 rings (SSSR count). The van der Waals surface area contributed by atoms with Gasteiger partial charge in [0.15, 0.2) is 0 Å². The Morgan fingerprint density at radius 3 is 2.53 bits per heavy atom. The summed E-state index contributed by atoms with van der Waals surface area (Å²) in [6.07, 6.45) is 5.86. The summed E-state index contributed by atoms with van der Waals surface area (Å²) >= 11 is 0. The third kappa shape index (κ3) is 5.51. The lowest BCUT2D eigenvalue weighted by atomic mass is 10.1. The van der Waals surface area contributed by atoms with Crippen molar-refractivity contribution in [1.82, 2.24) is 4.57 Å². The van der Waals surface area contributed by atoms with Gasteiger partial charge in [-0.2, -0.15) is 0 Å². The second kappa shape index (κ2) is 10.5. The highest BCUT2D eigenvalue weighted by Crippen LogP contribution is 2.18. The number of aryl methyl sites for hydroxylation is 1. The van der Waals surface area contributed by atoms with Crippen molar-refractivity contribution in [2.24, 2.45) is 0 Å². The van der Waals surface area contributed by atoms with Crippen LogP contribution in [0.5, 0.6) is 5.75 Å². The van der Waals surface area contributed by atoms with Crippen LogP contribution in [-0.2, 0) is 13.2 Å². The minimum absolute atomic E-state index is 0.00422. The average Bonchev–Trinajstić information content (AvgIpc) is 3.32. The molecule has 1 aromatic heterocycles. The molecule has 0 fully saturated rings. The number of aromatic nitrogens is 1. The molecule has 5 heteroatoms. The standard InChI is InChI=1S/C29H25NO4/c1-21-13-15-23(16-14-21)28(31)27-12-6-18-30(27)17-5-8-22-7-4-10-25(19-22)34-20-24-9-2-3-11-26(24)29(32)33/h2-16,18-19H,17,20H2,1H3,(H,32,33)/b8-5+. The summed E-state index contributed by atoms with van der Waals surface area (Å²) in [5.41, 5.74) is 4.23. The molecule has 1 N–H and O–H groups in total. The molecule has 0 saturated carbocycles. The van der Waals surface area contributed by atoms with Crippen LogP contribution >= 0.6 is 0 Å². The number of carboxylic acid groups (broad SMARTS) is 1. The number of aromatic carboxylic acids is 1. The van der Waals surface area contributed by atoms with Crippen molar-refractivity contribution in [3.05, 3.63) is 131 Å². The summed E-state index contributed by atoms with van der Waals surface area (Å²) in [5, 5.41) is 9.32. The largest absolute Gasteiger partial charge is 0.489 e. The number of benzene rings is 3. The number of ether oxygens (including phenoxy) is 1. The molecule has 170 valence electrons. The number of carboxylic acids is 1. The lowest BCUT2D eigenvalue weighted by molar-refractivity contribution is 0.0693. The molecule has 34 heavy (non-hydrogen) atoms. The molecule has 0 saturated heterocycles. The van der Waals surface area contributed by atoms with Crippen LogP contribution in [0.4, 0.5) is 0 Å². The highest BCUT2D eigenvalue weighted by Gasteiger charge is 2.12. The van der Waals surface area contributed by atoms with E-state index in [0.717, 1.165) is 11.1 Å². The molecular formula is C29H25NO4. The van der Waals surface area contributed by atoms with Gasteiger partial charge in [-0.3, -0.25) is 4.79 Å². The molecule has 0 atom stereocenters. The normalized spacial score (nSPS) is 11.0. The van der Waals surface area contributed by atoms with Gasteiger partial charge in [0, 0.05) is 23.9 Å². The summed E-state index contributed by atoms with van der Waals surface area (Å²) in [4.78, 5) is 24.2. The number of carbonyl (C=O) groups is 2. The topological polar surface area (TPSA) is 68.5 Å². The van der Waals surface area contributed by atoms with Crippen molar-refractivity contribution in [2.45, 2.75) is 20.1 Å². The molecular weight excluding hydrogens is 426 g/mol. The van der Waals surface area contributed by atoms with Gasteiger partial charge < -0.3 is 14.4 Å². The first-order valence-electron chi connectivity index (χ1n) is 11.0. The van der Waals surface area contributed by atoms with Gasteiger partial charge in [0.2, 0.25) is 5.78 Å². The van der Waals surface area contributed by atoms with Crippen LogP contribution in [0.15, 0.2) is 97.2 Å². The predicted octanol–water partition coefficient (Wildman–Crippen LogP) is 6.02. The van der Waals surface area contributed by atoms with Crippen LogP contribution < -0.4 is 4.74 Å². The van der Waals surface area contributed by atoms with Crippen LogP contribution in [0.1, 0.15) is 43.1 Å². The highest BCUT2D eigenvalue weighted by molar-refractivity contribution is 6.08. The summed E-state index contributed by atoms with van der Waals surface area (Å²) in [7, 11) is 0. The second-order valence-electron chi connectivity index (χ2n) is 7.97. The lowest BCUT2D eigenvalue weighted by Crippen LogP contribution is -2.09. The molecule has 0 aliphatic heterocycles. The molecule has 3 aromatic carbocycles. The molecule has 0 radical (unpaired) electrons. The summed E-state index contributed by atoms with van der Waals surface area (Å²) < 4.78 is 7.76. The number of rotatable bonds is 9. The Hall–Kier alpha value is -4.38. The third-order valence-electron chi connectivity index (χ3n) is 5.49. The van der Waals surface area contributed by atoms with Crippen LogP contribution in [0, 0.1) is 6.92 Å². The van der Waals surface area contributed by atoms with E-state index in [1.807, 2.05) is 90.5 Å². The molecule has 5 nitrogen and oxygen atoms in total. The van der Waals surface area contributed by atoms with Gasteiger partial charge in [-0.25, -0.2) is 4.79 Å². The first-order valence-corrected chi connectivity index (χ1v) is 11.0. The zero-order chi connectivity index (χ0) is 23.9. The van der Waals surface area contributed by atoms with E-state index >= 15 is 0 Å². The Balaban J connectivity index is 1.41. The zero-order valence-electron chi connectivity index (χ0n) is 18.8. The molecule has 0 aliphatic rings. The number of ketones is 1. The van der Waals surface area contributed by atoms with Crippen LogP contribution in [0.3, 0.4) is 0 Å². The quantitative estimate of drug-likeness (QED) is 0.316. The van der Waals surface area contributed by atoms with E-state index in [1.165, 1.54) is 0 Å². The van der Waals surface area contributed by atoms with Crippen molar-refractivity contribution in [3.63, 3.8) is 0 Å². The third-order valence-corrected chi connectivity index (χ3v) is 5.49. The summed E-state index contributed by atoms with van der Waals surface area (Å²) in [5.74, 6) is -0.324. The molecule has 0 bridgehead atoms. The van der Waals surface area contributed by atoms with Crippen molar-refractivity contribution in [2.75, 3.05) is 0 Å². The van der Waals surface area contributed by atoms with E-state index in [-0.39, 0.29) is 18.0 Å². The molecule has 0 amide bonds. The average molecular weight is 452 g/mol. The van der Waals surface area contributed by atoms with Crippen LogP contribution in [0.2, 0.25) is 0 Å². The van der Waals surface area contributed by atoms with Gasteiger partial charge in [-0.15, -0.1) is 0 Å². The van der Waals surface area contributed by atoms with Crippen molar-refractivity contribution in [3.8, 4) is 5.75 Å². The van der Waals surface area contributed by atoms with Gasteiger partial charge >= 0.3 is 5.97 Å². The smallest absolute Gasteiger partial charge is 0.336 e. The van der Waals surface area contributed by atoms with Crippen molar-refractivity contribution < 1.29 is 19.4 Å². The van der Waals surface area contributed by atoms with E-state index in [9.17, 15) is 14.7 Å². The van der Waals surface area contributed by atoms with E-state index in [4.69, 9.17) is 4.74 Å². The molecule has 4 aromatic rings.